The Hall–Kier alpha value is 0.0500. The third-order valence-corrected chi connectivity index (χ3v) is 8.13. The smallest absolute Gasteiger partial charge is 0.252 e. The molecule has 2 rings (SSSR count). The molecule has 0 saturated carbocycles. The molecular weight excluding hydrogens is 372 g/mol. The van der Waals surface area contributed by atoms with Crippen molar-refractivity contribution < 1.29 is 8.42 Å². The summed E-state index contributed by atoms with van der Waals surface area (Å²) in [5, 5.41) is 0. The van der Waals surface area contributed by atoms with Crippen LogP contribution in [0.2, 0.25) is 0 Å². The Morgan fingerprint density at radius 1 is 1.38 bits per heavy atom. The van der Waals surface area contributed by atoms with E-state index in [2.05, 4.69) is 41.7 Å². The van der Waals surface area contributed by atoms with Crippen molar-refractivity contribution in [2.75, 3.05) is 26.7 Å². The number of sulfonamides is 1. The normalized spacial score (nSPS) is 18.8. The van der Waals surface area contributed by atoms with Crippen molar-refractivity contribution in [2.45, 2.75) is 36.9 Å². The van der Waals surface area contributed by atoms with Crippen LogP contribution in [0.15, 0.2) is 20.1 Å². The molecule has 0 unspecified atom stereocenters. The van der Waals surface area contributed by atoms with Gasteiger partial charge in [-0.1, -0.05) is 0 Å². The Morgan fingerprint density at radius 2 is 2.00 bits per heavy atom. The van der Waals surface area contributed by atoms with Gasteiger partial charge in [0.25, 0.3) is 10.0 Å². The molecule has 1 aromatic heterocycles. The Balaban J connectivity index is 1.95. The summed E-state index contributed by atoms with van der Waals surface area (Å²) in [7, 11) is -1.17. The molecule has 1 aromatic rings. The van der Waals surface area contributed by atoms with Gasteiger partial charge in [-0.15, -0.1) is 11.3 Å². The lowest BCUT2D eigenvalue weighted by molar-refractivity contribution is 0.182. The van der Waals surface area contributed by atoms with Crippen LogP contribution < -0.4 is 0 Å². The summed E-state index contributed by atoms with van der Waals surface area (Å²) in [4.78, 5) is 2.34. The molecule has 0 radical (unpaired) electrons. The minimum atomic E-state index is -3.30. The highest BCUT2D eigenvalue weighted by Gasteiger charge is 2.30. The van der Waals surface area contributed by atoms with E-state index in [1.54, 1.807) is 16.4 Å². The summed E-state index contributed by atoms with van der Waals surface area (Å²) in [6, 6.07) is 4.01. The SMILES string of the molecule is CC(C)N(C)CC1CCN(S(=O)(=O)c2ccc(Br)s2)CC1. The van der Waals surface area contributed by atoms with Crippen LogP contribution in [-0.4, -0.2) is 50.3 Å². The van der Waals surface area contributed by atoms with Crippen molar-refractivity contribution >= 4 is 37.3 Å². The third-order valence-electron chi connectivity index (χ3n) is 4.14. The van der Waals surface area contributed by atoms with E-state index >= 15 is 0 Å². The maximum Gasteiger partial charge on any atom is 0.252 e. The van der Waals surface area contributed by atoms with E-state index < -0.39 is 10.0 Å². The summed E-state index contributed by atoms with van der Waals surface area (Å²) in [5.41, 5.74) is 0. The number of nitrogens with zero attached hydrogens (tertiary/aromatic N) is 2. The molecule has 1 fully saturated rings. The molecule has 21 heavy (non-hydrogen) atoms. The monoisotopic (exact) mass is 394 g/mol. The summed E-state index contributed by atoms with van der Waals surface area (Å²) >= 11 is 4.61. The molecule has 0 aromatic carbocycles. The molecule has 0 aliphatic carbocycles. The van der Waals surface area contributed by atoms with Gasteiger partial charge in [-0.2, -0.15) is 4.31 Å². The number of thiophene rings is 1. The molecule has 1 aliphatic rings. The van der Waals surface area contributed by atoms with Gasteiger partial charge >= 0.3 is 0 Å². The molecule has 7 heteroatoms. The van der Waals surface area contributed by atoms with Crippen LogP contribution in [0.1, 0.15) is 26.7 Å². The van der Waals surface area contributed by atoms with Crippen molar-refractivity contribution in [3.05, 3.63) is 15.9 Å². The lowest BCUT2D eigenvalue weighted by Crippen LogP contribution is -2.41. The molecule has 2 heterocycles. The van der Waals surface area contributed by atoms with Crippen molar-refractivity contribution in [3.63, 3.8) is 0 Å². The Labute approximate surface area is 140 Å². The van der Waals surface area contributed by atoms with Gasteiger partial charge in [0.15, 0.2) is 0 Å². The van der Waals surface area contributed by atoms with Crippen LogP contribution in [0.3, 0.4) is 0 Å². The fraction of sp³-hybridized carbons (Fsp3) is 0.714. The molecule has 0 N–H and O–H groups in total. The number of rotatable bonds is 5. The van der Waals surface area contributed by atoms with E-state index in [-0.39, 0.29) is 0 Å². The molecule has 0 amide bonds. The molecule has 0 spiro atoms. The van der Waals surface area contributed by atoms with E-state index in [1.165, 1.54) is 11.3 Å². The first-order valence-electron chi connectivity index (χ1n) is 7.26. The quantitative estimate of drug-likeness (QED) is 0.769. The highest BCUT2D eigenvalue weighted by molar-refractivity contribution is 9.11. The predicted molar refractivity (Wildman–Crippen MR) is 91.3 cm³/mol. The number of hydrogen-bond acceptors (Lipinski definition) is 4. The van der Waals surface area contributed by atoms with Gasteiger partial charge in [0.2, 0.25) is 0 Å². The van der Waals surface area contributed by atoms with Crippen LogP contribution in [0.5, 0.6) is 0 Å². The second-order valence-corrected chi connectivity index (χ2v) is 10.6. The minimum absolute atomic E-state index is 0.437. The highest BCUT2D eigenvalue weighted by Crippen LogP contribution is 2.30. The average Bonchev–Trinajstić information content (AvgIpc) is 2.86. The Kier molecular flexibility index (Phi) is 5.87. The van der Waals surface area contributed by atoms with Gasteiger partial charge in [0, 0.05) is 25.7 Å². The van der Waals surface area contributed by atoms with Gasteiger partial charge in [0.05, 0.1) is 3.79 Å². The van der Waals surface area contributed by atoms with E-state index in [0.29, 0.717) is 29.3 Å². The van der Waals surface area contributed by atoms with E-state index in [4.69, 9.17) is 0 Å². The average molecular weight is 395 g/mol. The fourth-order valence-corrected chi connectivity index (χ4v) is 6.15. The zero-order valence-corrected chi connectivity index (χ0v) is 16.0. The first-order valence-corrected chi connectivity index (χ1v) is 10.3. The van der Waals surface area contributed by atoms with Crippen LogP contribution in [0, 0.1) is 5.92 Å². The third kappa shape index (κ3) is 4.28. The van der Waals surface area contributed by atoms with Gasteiger partial charge in [-0.25, -0.2) is 8.42 Å². The van der Waals surface area contributed by atoms with Crippen LogP contribution >= 0.6 is 27.3 Å². The molecule has 0 bridgehead atoms. The standard InChI is InChI=1S/C14H23BrN2O2S2/c1-11(2)16(3)10-12-6-8-17(9-7-12)21(18,19)14-5-4-13(15)20-14/h4-5,11-12H,6-10H2,1-3H3. The number of hydrogen-bond donors (Lipinski definition) is 0. The molecule has 0 atom stereocenters. The Morgan fingerprint density at radius 3 is 2.48 bits per heavy atom. The molecule has 120 valence electrons. The minimum Gasteiger partial charge on any atom is -0.304 e. The van der Waals surface area contributed by atoms with Gasteiger partial charge < -0.3 is 4.90 Å². The summed E-state index contributed by atoms with van der Waals surface area (Å²) in [5.74, 6) is 0.596. The summed E-state index contributed by atoms with van der Waals surface area (Å²) < 4.78 is 28.0. The highest BCUT2D eigenvalue weighted by atomic mass is 79.9. The van der Waals surface area contributed by atoms with Crippen molar-refractivity contribution in [1.82, 2.24) is 9.21 Å². The lowest BCUT2D eigenvalue weighted by Gasteiger charge is -2.34. The van der Waals surface area contributed by atoms with Gasteiger partial charge in [-0.3, -0.25) is 0 Å². The van der Waals surface area contributed by atoms with Crippen LogP contribution in [-0.2, 0) is 10.0 Å². The molecular formula is C14H23BrN2O2S2. The number of halogens is 1. The first kappa shape index (κ1) is 17.4. The van der Waals surface area contributed by atoms with E-state index in [0.717, 1.165) is 23.2 Å². The fourth-order valence-electron chi connectivity index (χ4n) is 2.51. The van der Waals surface area contributed by atoms with Crippen molar-refractivity contribution in [3.8, 4) is 0 Å². The van der Waals surface area contributed by atoms with Gasteiger partial charge in [-0.05, 0) is 67.7 Å². The second kappa shape index (κ2) is 7.08. The van der Waals surface area contributed by atoms with Crippen LogP contribution in [0.25, 0.3) is 0 Å². The zero-order chi connectivity index (χ0) is 15.6. The first-order chi connectivity index (χ1) is 9.80. The zero-order valence-electron chi connectivity index (χ0n) is 12.8. The van der Waals surface area contributed by atoms with Crippen molar-refractivity contribution in [1.29, 1.82) is 0 Å². The Bertz CT molecular complexity index is 563. The largest absolute Gasteiger partial charge is 0.304 e. The molecule has 1 aliphatic heterocycles. The van der Waals surface area contributed by atoms with E-state index in [9.17, 15) is 8.42 Å². The second-order valence-electron chi connectivity index (χ2n) is 5.94. The lowest BCUT2D eigenvalue weighted by atomic mass is 9.97. The summed E-state index contributed by atoms with van der Waals surface area (Å²) in [6.45, 7) is 6.70. The predicted octanol–water partition coefficient (Wildman–Crippen LogP) is 3.25. The maximum atomic E-state index is 12.5. The molecule has 4 nitrogen and oxygen atoms in total. The van der Waals surface area contributed by atoms with E-state index in [1.807, 2.05) is 0 Å². The van der Waals surface area contributed by atoms with Crippen molar-refractivity contribution in [2.24, 2.45) is 5.92 Å². The molecule has 1 saturated heterocycles. The van der Waals surface area contributed by atoms with Gasteiger partial charge in [0.1, 0.15) is 4.21 Å². The summed E-state index contributed by atoms with van der Waals surface area (Å²) in [6.07, 6.45) is 1.89. The topological polar surface area (TPSA) is 40.6 Å². The number of piperidine rings is 1. The van der Waals surface area contributed by atoms with Crippen LogP contribution in [0.4, 0.5) is 0 Å². The maximum absolute atomic E-state index is 12.5.